The van der Waals surface area contributed by atoms with E-state index in [0.717, 1.165) is 14.9 Å². The molecule has 0 heterocycles. The van der Waals surface area contributed by atoms with Crippen LogP contribution in [0.15, 0.2) is 18.2 Å². The summed E-state index contributed by atoms with van der Waals surface area (Å²) in [5.74, 6) is 0.835. The van der Waals surface area contributed by atoms with Gasteiger partial charge in [0.25, 0.3) is 0 Å². The zero-order chi connectivity index (χ0) is 10.6. The zero-order valence-electron chi connectivity index (χ0n) is 8.41. The van der Waals surface area contributed by atoms with E-state index in [1.807, 2.05) is 18.2 Å². The van der Waals surface area contributed by atoms with Crippen LogP contribution >= 0.6 is 22.6 Å². The standard InChI is InChI=1S/C10H13IO3/c1-12-8-6-4-5-7(9(8)11)10(13-2)14-3/h4-6,10H,1-3H3. The summed E-state index contributed by atoms with van der Waals surface area (Å²) >= 11 is 2.22. The predicted octanol–water partition coefficient (Wildman–Crippen LogP) is 2.59. The van der Waals surface area contributed by atoms with Gasteiger partial charge in [0.15, 0.2) is 6.29 Å². The van der Waals surface area contributed by atoms with Gasteiger partial charge >= 0.3 is 0 Å². The van der Waals surface area contributed by atoms with Crippen molar-refractivity contribution in [3.05, 3.63) is 27.3 Å². The van der Waals surface area contributed by atoms with Gasteiger partial charge in [0.2, 0.25) is 0 Å². The maximum absolute atomic E-state index is 5.21. The summed E-state index contributed by atoms with van der Waals surface area (Å²) in [6.07, 6.45) is -0.336. The van der Waals surface area contributed by atoms with E-state index in [9.17, 15) is 0 Å². The lowest BCUT2D eigenvalue weighted by Gasteiger charge is -2.16. The van der Waals surface area contributed by atoms with E-state index in [4.69, 9.17) is 14.2 Å². The first-order valence-electron chi connectivity index (χ1n) is 4.12. The van der Waals surface area contributed by atoms with Crippen molar-refractivity contribution >= 4 is 22.6 Å². The van der Waals surface area contributed by atoms with Gasteiger partial charge in [-0.3, -0.25) is 0 Å². The Hall–Kier alpha value is -0.330. The van der Waals surface area contributed by atoms with Crippen LogP contribution in [-0.4, -0.2) is 21.3 Å². The summed E-state index contributed by atoms with van der Waals surface area (Å²) in [5, 5.41) is 0. The van der Waals surface area contributed by atoms with E-state index in [0.29, 0.717) is 0 Å². The van der Waals surface area contributed by atoms with Gasteiger partial charge in [0.1, 0.15) is 5.75 Å². The van der Waals surface area contributed by atoms with Crippen molar-refractivity contribution < 1.29 is 14.2 Å². The van der Waals surface area contributed by atoms with E-state index in [-0.39, 0.29) is 6.29 Å². The number of rotatable bonds is 4. The molecular weight excluding hydrogens is 295 g/mol. The molecule has 0 saturated heterocycles. The second kappa shape index (κ2) is 5.53. The van der Waals surface area contributed by atoms with Gasteiger partial charge in [-0.1, -0.05) is 12.1 Å². The SMILES string of the molecule is COc1cccc(C(OC)OC)c1I. The summed E-state index contributed by atoms with van der Waals surface area (Å²) in [6, 6.07) is 5.79. The Morgan fingerprint density at radius 2 is 1.79 bits per heavy atom. The minimum absolute atomic E-state index is 0.336. The zero-order valence-corrected chi connectivity index (χ0v) is 10.6. The van der Waals surface area contributed by atoms with Crippen molar-refractivity contribution in [1.82, 2.24) is 0 Å². The largest absolute Gasteiger partial charge is 0.496 e. The molecule has 0 radical (unpaired) electrons. The van der Waals surface area contributed by atoms with Crippen LogP contribution in [0.5, 0.6) is 5.75 Å². The third-order valence-electron chi connectivity index (χ3n) is 1.90. The van der Waals surface area contributed by atoms with Crippen LogP contribution in [0.3, 0.4) is 0 Å². The Bertz CT molecular complexity index is 297. The van der Waals surface area contributed by atoms with Crippen LogP contribution in [0, 0.1) is 3.57 Å². The van der Waals surface area contributed by atoms with Crippen molar-refractivity contribution in [3.8, 4) is 5.75 Å². The molecule has 78 valence electrons. The molecule has 0 bridgehead atoms. The number of benzene rings is 1. The molecule has 0 unspecified atom stereocenters. The highest BCUT2D eigenvalue weighted by Crippen LogP contribution is 2.29. The minimum Gasteiger partial charge on any atom is -0.496 e. The second-order valence-corrected chi connectivity index (χ2v) is 3.75. The molecule has 3 nitrogen and oxygen atoms in total. The van der Waals surface area contributed by atoms with E-state index >= 15 is 0 Å². The predicted molar refractivity (Wildman–Crippen MR) is 62.5 cm³/mol. The Kier molecular flexibility index (Phi) is 4.64. The second-order valence-electron chi connectivity index (χ2n) is 2.67. The van der Waals surface area contributed by atoms with Crippen LogP contribution in [0.2, 0.25) is 0 Å². The van der Waals surface area contributed by atoms with E-state index in [1.54, 1.807) is 21.3 Å². The molecule has 1 aromatic carbocycles. The number of hydrogen-bond acceptors (Lipinski definition) is 3. The lowest BCUT2D eigenvalue weighted by molar-refractivity contribution is -0.106. The average molecular weight is 308 g/mol. The van der Waals surface area contributed by atoms with Crippen LogP contribution in [0.1, 0.15) is 11.9 Å². The molecule has 0 aliphatic heterocycles. The molecule has 0 aliphatic carbocycles. The van der Waals surface area contributed by atoms with Gasteiger partial charge in [0.05, 0.1) is 10.7 Å². The first-order valence-corrected chi connectivity index (χ1v) is 5.20. The van der Waals surface area contributed by atoms with Crippen molar-refractivity contribution in [2.75, 3.05) is 21.3 Å². The molecule has 4 heteroatoms. The van der Waals surface area contributed by atoms with E-state index < -0.39 is 0 Å². The smallest absolute Gasteiger partial charge is 0.184 e. The lowest BCUT2D eigenvalue weighted by Crippen LogP contribution is -2.06. The molecule has 0 N–H and O–H groups in total. The molecule has 14 heavy (non-hydrogen) atoms. The van der Waals surface area contributed by atoms with Gasteiger partial charge in [-0.2, -0.15) is 0 Å². The highest BCUT2D eigenvalue weighted by Gasteiger charge is 2.14. The third-order valence-corrected chi connectivity index (χ3v) is 3.05. The Morgan fingerprint density at radius 3 is 2.29 bits per heavy atom. The van der Waals surface area contributed by atoms with Crippen molar-refractivity contribution in [1.29, 1.82) is 0 Å². The molecule has 0 aromatic heterocycles. The van der Waals surface area contributed by atoms with E-state index in [2.05, 4.69) is 22.6 Å². The summed E-state index contributed by atoms with van der Waals surface area (Å²) in [6.45, 7) is 0. The number of halogens is 1. The fraction of sp³-hybridized carbons (Fsp3) is 0.400. The number of ether oxygens (including phenoxy) is 3. The number of hydrogen-bond donors (Lipinski definition) is 0. The molecular formula is C10H13IO3. The summed E-state index contributed by atoms with van der Waals surface area (Å²) in [5.41, 5.74) is 0.981. The maximum Gasteiger partial charge on any atom is 0.184 e. The molecule has 0 saturated carbocycles. The summed E-state index contributed by atoms with van der Waals surface area (Å²) < 4.78 is 16.6. The topological polar surface area (TPSA) is 27.7 Å². The van der Waals surface area contributed by atoms with E-state index in [1.165, 1.54) is 0 Å². The highest BCUT2D eigenvalue weighted by atomic mass is 127. The first kappa shape index (κ1) is 11.7. The summed E-state index contributed by atoms with van der Waals surface area (Å²) in [7, 11) is 4.88. The van der Waals surface area contributed by atoms with Crippen LogP contribution in [0.4, 0.5) is 0 Å². The molecule has 1 aromatic rings. The average Bonchev–Trinajstić information content (AvgIpc) is 2.22. The van der Waals surface area contributed by atoms with Gasteiger partial charge in [-0.15, -0.1) is 0 Å². The molecule has 0 atom stereocenters. The van der Waals surface area contributed by atoms with Gasteiger partial charge in [-0.25, -0.2) is 0 Å². The quantitative estimate of drug-likeness (QED) is 0.632. The van der Waals surface area contributed by atoms with Crippen LogP contribution in [0.25, 0.3) is 0 Å². The summed E-state index contributed by atoms with van der Waals surface area (Å²) in [4.78, 5) is 0. The van der Waals surface area contributed by atoms with Crippen LogP contribution in [-0.2, 0) is 9.47 Å². The number of methoxy groups -OCH3 is 3. The van der Waals surface area contributed by atoms with Crippen molar-refractivity contribution in [3.63, 3.8) is 0 Å². The molecule has 1 rings (SSSR count). The maximum atomic E-state index is 5.21. The third kappa shape index (κ3) is 2.37. The normalized spacial score (nSPS) is 10.6. The molecule has 0 aliphatic rings. The van der Waals surface area contributed by atoms with Crippen LogP contribution < -0.4 is 4.74 Å². The van der Waals surface area contributed by atoms with Crippen molar-refractivity contribution in [2.24, 2.45) is 0 Å². The Balaban J connectivity index is 3.07. The minimum atomic E-state index is -0.336. The molecule has 0 amide bonds. The van der Waals surface area contributed by atoms with Gasteiger partial charge < -0.3 is 14.2 Å². The monoisotopic (exact) mass is 308 g/mol. The Labute approximate surface area is 97.5 Å². The van der Waals surface area contributed by atoms with Crippen molar-refractivity contribution in [2.45, 2.75) is 6.29 Å². The van der Waals surface area contributed by atoms with Gasteiger partial charge in [-0.05, 0) is 28.7 Å². The molecule has 0 fully saturated rings. The fourth-order valence-corrected chi connectivity index (χ4v) is 2.05. The first-order chi connectivity index (χ1) is 6.74. The van der Waals surface area contributed by atoms with Gasteiger partial charge in [0, 0.05) is 19.8 Å². The Morgan fingerprint density at radius 1 is 1.14 bits per heavy atom. The lowest BCUT2D eigenvalue weighted by atomic mass is 10.2. The highest BCUT2D eigenvalue weighted by molar-refractivity contribution is 14.1. The fourth-order valence-electron chi connectivity index (χ4n) is 1.22. The molecule has 0 spiro atoms.